The molecule has 5 atom stereocenters. The van der Waals surface area contributed by atoms with Crippen molar-refractivity contribution in [3.8, 4) is 0 Å². The van der Waals surface area contributed by atoms with Crippen LogP contribution in [0.4, 0.5) is 0 Å². The van der Waals surface area contributed by atoms with E-state index in [9.17, 15) is 29.4 Å². The Morgan fingerprint density at radius 2 is 1.23 bits per heavy atom. The molecule has 0 aliphatic heterocycles. The first kappa shape index (κ1) is 32.1. The highest BCUT2D eigenvalue weighted by Crippen LogP contribution is 2.10. The van der Waals surface area contributed by atoms with E-state index in [1.807, 2.05) is 27.7 Å². The number of hydrogen-bond acceptors (Lipinski definition) is 7. The third kappa shape index (κ3) is 13.5. The lowest BCUT2D eigenvalue weighted by molar-refractivity contribution is -0.142. The maximum absolute atomic E-state index is 13.0. The van der Waals surface area contributed by atoms with Crippen LogP contribution < -0.4 is 33.2 Å². The van der Waals surface area contributed by atoms with Crippen LogP contribution in [0.1, 0.15) is 60.3 Å². The number of carbonyl (C=O) groups is 4. The van der Waals surface area contributed by atoms with Crippen molar-refractivity contribution in [1.82, 2.24) is 16.0 Å². The summed E-state index contributed by atoms with van der Waals surface area (Å²) in [5.41, 5.74) is 16.2. The Kier molecular flexibility index (Phi) is 14.5. The van der Waals surface area contributed by atoms with Gasteiger partial charge in [0.05, 0.1) is 6.10 Å². The Hall–Kier alpha value is -2.93. The second-order valence-electron chi connectivity index (χ2n) is 9.50. The largest absolute Gasteiger partial charge is 0.480 e. The van der Waals surface area contributed by atoms with Gasteiger partial charge in [0.25, 0.3) is 0 Å². The van der Waals surface area contributed by atoms with E-state index >= 15 is 0 Å². The molecule has 202 valence electrons. The third-order valence-electron chi connectivity index (χ3n) is 5.06. The van der Waals surface area contributed by atoms with Crippen LogP contribution in [0.15, 0.2) is 4.99 Å². The summed E-state index contributed by atoms with van der Waals surface area (Å²) in [6.07, 6.45) is -0.195. The Morgan fingerprint density at radius 1 is 0.800 bits per heavy atom. The minimum atomic E-state index is -1.23. The fourth-order valence-corrected chi connectivity index (χ4v) is 3.20. The van der Waals surface area contributed by atoms with Crippen molar-refractivity contribution in [1.29, 1.82) is 0 Å². The van der Waals surface area contributed by atoms with Gasteiger partial charge in [0.1, 0.15) is 24.2 Å². The number of aliphatic hydroxyl groups excluding tert-OH is 1. The highest BCUT2D eigenvalue weighted by molar-refractivity contribution is 5.94. The number of aliphatic imine (C=N–C) groups is 1. The monoisotopic (exact) mass is 501 g/mol. The van der Waals surface area contributed by atoms with Gasteiger partial charge in [0.15, 0.2) is 5.96 Å². The molecule has 0 saturated heterocycles. The Bertz CT molecular complexity index is 738. The predicted molar refractivity (Wildman–Crippen MR) is 132 cm³/mol. The Labute approximate surface area is 206 Å². The Morgan fingerprint density at radius 3 is 1.60 bits per heavy atom. The zero-order chi connectivity index (χ0) is 27.3. The molecule has 0 aliphatic rings. The van der Waals surface area contributed by atoms with Gasteiger partial charge in [0.2, 0.25) is 17.7 Å². The van der Waals surface area contributed by atoms with Crippen LogP contribution >= 0.6 is 0 Å². The number of amides is 3. The molecule has 0 spiro atoms. The summed E-state index contributed by atoms with van der Waals surface area (Å²) in [4.78, 5) is 53.7. The van der Waals surface area contributed by atoms with E-state index in [0.717, 1.165) is 0 Å². The number of hydrogen-bond donors (Lipinski definition) is 8. The lowest BCUT2D eigenvalue weighted by Crippen LogP contribution is -2.58. The number of nitrogens with one attached hydrogen (secondary N) is 3. The van der Waals surface area contributed by atoms with Gasteiger partial charge in [0, 0.05) is 6.54 Å². The maximum Gasteiger partial charge on any atom is 0.326 e. The number of aliphatic hydroxyl groups is 1. The van der Waals surface area contributed by atoms with Crippen molar-refractivity contribution in [3.05, 3.63) is 0 Å². The number of nitrogens with two attached hydrogens (primary N) is 3. The predicted octanol–water partition coefficient (Wildman–Crippen LogP) is -1.62. The number of rotatable bonds is 16. The van der Waals surface area contributed by atoms with Crippen molar-refractivity contribution >= 4 is 29.7 Å². The molecule has 11 N–H and O–H groups in total. The topological polar surface area (TPSA) is 235 Å². The Balaban J connectivity index is 5.47. The molecular formula is C22H43N7O6. The highest BCUT2D eigenvalue weighted by Gasteiger charge is 2.31. The number of carbonyl (C=O) groups excluding carboxylic acids is 3. The van der Waals surface area contributed by atoms with Gasteiger partial charge in [-0.2, -0.15) is 0 Å². The second kappa shape index (κ2) is 15.9. The average Bonchev–Trinajstić information content (AvgIpc) is 2.72. The first-order valence-electron chi connectivity index (χ1n) is 11.8. The number of guanidine groups is 1. The first-order chi connectivity index (χ1) is 16.1. The summed E-state index contributed by atoms with van der Waals surface area (Å²) < 4.78 is 0. The van der Waals surface area contributed by atoms with Crippen molar-refractivity contribution in [2.24, 2.45) is 34.0 Å². The van der Waals surface area contributed by atoms with Gasteiger partial charge in [-0.05, 0) is 44.4 Å². The van der Waals surface area contributed by atoms with Crippen LogP contribution in [0.5, 0.6) is 0 Å². The summed E-state index contributed by atoms with van der Waals surface area (Å²) in [7, 11) is 0. The van der Waals surface area contributed by atoms with E-state index in [2.05, 4.69) is 20.9 Å². The van der Waals surface area contributed by atoms with Gasteiger partial charge >= 0.3 is 5.97 Å². The molecule has 13 heteroatoms. The smallest absolute Gasteiger partial charge is 0.326 e. The summed E-state index contributed by atoms with van der Waals surface area (Å²) in [5, 5.41) is 26.7. The van der Waals surface area contributed by atoms with Crippen LogP contribution in [-0.2, 0) is 19.2 Å². The van der Waals surface area contributed by atoms with Crippen LogP contribution in [0.25, 0.3) is 0 Å². The van der Waals surface area contributed by atoms with E-state index in [4.69, 9.17) is 17.2 Å². The molecule has 0 aromatic carbocycles. The zero-order valence-electron chi connectivity index (χ0n) is 21.3. The fourth-order valence-electron chi connectivity index (χ4n) is 3.20. The summed E-state index contributed by atoms with van der Waals surface area (Å²) in [5.74, 6) is -3.28. The molecule has 0 aromatic rings. The summed E-state index contributed by atoms with van der Waals surface area (Å²) in [6.45, 7) is 9.00. The van der Waals surface area contributed by atoms with E-state index < -0.39 is 54.0 Å². The number of carboxylic acid groups (broad SMARTS) is 1. The van der Waals surface area contributed by atoms with Gasteiger partial charge in [-0.3, -0.25) is 19.4 Å². The van der Waals surface area contributed by atoms with Crippen LogP contribution in [0, 0.1) is 11.8 Å². The molecule has 0 aliphatic carbocycles. The molecular weight excluding hydrogens is 458 g/mol. The third-order valence-corrected chi connectivity index (χ3v) is 5.06. The summed E-state index contributed by atoms with van der Waals surface area (Å²) in [6, 6.07) is -4.44. The van der Waals surface area contributed by atoms with E-state index in [1.165, 1.54) is 6.92 Å². The normalized spacial score (nSPS) is 15.5. The second-order valence-corrected chi connectivity index (χ2v) is 9.50. The van der Waals surface area contributed by atoms with Crippen LogP contribution in [0.3, 0.4) is 0 Å². The molecule has 35 heavy (non-hydrogen) atoms. The minimum Gasteiger partial charge on any atom is -0.480 e. The quantitative estimate of drug-likeness (QED) is 0.0688. The SMILES string of the molecule is CC(C)C[C@H](NC(=O)[C@H](CC(C)C)NC(=O)[C@@H](N)[C@@H](C)O)C(=O)N[C@@H](CCCN=C(N)N)C(=O)O. The van der Waals surface area contributed by atoms with Crippen molar-refractivity contribution in [2.45, 2.75) is 90.6 Å². The van der Waals surface area contributed by atoms with Gasteiger partial charge in [-0.15, -0.1) is 0 Å². The van der Waals surface area contributed by atoms with E-state index in [1.54, 1.807) is 0 Å². The van der Waals surface area contributed by atoms with Gasteiger partial charge < -0.3 is 43.4 Å². The number of aliphatic carboxylic acids is 1. The van der Waals surface area contributed by atoms with Crippen LogP contribution in [-0.4, -0.2) is 76.7 Å². The summed E-state index contributed by atoms with van der Waals surface area (Å²) >= 11 is 0. The van der Waals surface area contributed by atoms with Crippen molar-refractivity contribution in [3.63, 3.8) is 0 Å². The fraction of sp³-hybridized carbons (Fsp3) is 0.773. The molecule has 3 amide bonds. The van der Waals surface area contributed by atoms with Crippen LogP contribution in [0.2, 0.25) is 0 Å². The lowest BCUT2D eigenvalue weighted by atomic mass is 9.99. The molecule has 0 unspecified atom stereocenters. The van der Waals surface area contributed by atoms with Crippen molar-refractivity contribution in [2.75, 3.05) is 6.54 Å². The molecule has 0 rings (SSSR count). The molecule has 0 fully saturated rings. The van der Waals surface area contributed by atoms with Gasteiger partial charge in [-0.25, -0.2) is 4.79 Å². The molecule has 13 nitrogen and oxygen atoms in total. The maximum atomic E-state index is 13.0. The lowest BCUT2D eigenvalue weighted by Gasteiger charge is -2.27. The van der Waals surface area contributed by atoms with Crippen molar-refractivity contribution < 1.29 is 29.4 Å². The molecule has 0 bridgehead atoms. The standard InChI is InChI=1S/C22H43N7O6/c1-11(2)9-15(18(31)27-14(21(34)35)7-6-8-26-22(24)25)28-19(32)16(10-12(3)4)29-20(33)17(23)13(5)30/h11-17,30H,6-10,23H2,1-5H3,(H,27,31)(H,28,32)(H,29,33)(H,34,35)(H4,24,25,26)/t13-,14+,15+,16+,17+/m1/s1. The van der Waals surface area contributed by atoms with Gasteiger partial charge in [-0.1, -0.05) is 27.7 Å². The molecule has 0 saturated carbocycles. The number of carboxylic acids is 1. The first-order valence-corrected chi connectivity index (χ1v) is 11.8. The average molecular weight is 502 g/mol. The number of nitrogens with zero attached hydrogens (tertiary/aromatic N) is 1. The highest BCUT2D eigenvalue weighted by atomic mass is 16.4. The zero-order valence-corrected chi connectivity index (χ0v) is 21.3. The molecule has 0 radical (unpaired) electrons. The minimum absolute atomic E-state index is 0.00186. The van der Waals surface area contributed by atoms with E-state index in [0.29, 0.717) is 6.42 Å². The van der Waals surface area contributed by atoms with E-state index in [-0.39, 0.29) is 43.6 Å². The molecule has 0 heterocycles. The molecule has 0 aromatic heterocycles.